The van der Waals surface area contributed by atoms with Gasteiger partial charge in [-0.25, -0.2) is 4.79 Å². The summed E-state index contributed by atoms with van der Waals surface area (Å²) < 4.78 is 4.71. The minimum absolute atomic E-state index is 0.198. The molecule has 0 amide bonds. The summed E-state index contributed by atoms with van der Waals surface area (Å²) >= 11 is 0. The average molecular weight is 251 g/mol. The van der Waals surface area contributed by atoms with Crippen molar-refractivity contribution in [1.82, 2.24) is 5.32 Å². The summed E-state index contributed by atoms with van der Waals surface area (Å²) in [4.78, 5) is 22.4. The molecule has 0 aliphatic carbocycles. The van der Waals surface area contributed by atoms with E-state index < -0.39 is 23.9 Å². The van der Waals surface area contributed by atoms with Crippen LogP contribution in [0.2, 0.25) is 0 Å². The fourth-order valence-electron chi connectivity index (χ4n) is 1.48. The molecule has 1 aromatic carbocycles. The normalized spacial score (nSPS) is 13.7. The van der Waals surface area contributed by atoms with E-state index in [4.69, 9.17) is 9.84 Å². The van der Waals surface area contributed by atoms with Gasteiger partial charge in [0.15, 0.2) is 0 Å². The third-order valence-corrected chi connectivity index (χ3v) is 2.62. The lowest BCUT2D eigenvalue weighted by molar-refractivity contribution is -0.145. The van der Waals surface area contributed by atoms with Crippen molar-refractivity contribution in [3.05, 3.63) is 35.9 Å². The monoisotopic (exact) mass is 251 g/mol. The van der Waals surface area contributed by atoms with Gasteiger partial charge in [0.25, 0.3) is 0 Å². The first-order valence-corrected chi connectivity index (χ1v) is 5.65. The molecule has 2 unspecified atom stereocenters. The number of carbonyl (C=O) groups excluding carboxylic acids is 1. The summed E-state index contributed by atoms with van der Waals surface area (Å²) in [6, 6.07) is 8.41. The van der Waals surface area contributed by atoms with Gasteiger partial charge in [-0.05, 0) is 5.56 Å². The van der Waals surface area contributed by atoms with Gasteiger partial charge in [-0.3, -0.25) is 10.1 Å². The maximum absolute atomic E-state index is 11.7. The van der Waals surface area contributed by atoms with E-state index >= 15 is 0 Å². The highest BCUT2D eigenvalue weighted by Crippen LogP contribution is 2.14. The Bertz CT molecular complexity index is 405. The van der Waals surface area contributed by atoms with Crippen molar-refractivity contribution in [3.8, 4) is 0 Å². The summed E-state index contributed by atoms with van der Waals surface area (Å²) in [7, 11) is 1.31. The molecular weight excluding hydrogens is 234 g/mol. The number of carbonyl (C=O) groups is 2. The number of nitrogens with one attached hydrogen (secondary N) is 1. The Labute approximate surface area is 106 Å². The molecule has 0 radical (unpaired) electrons. The summed E-state index contributed by atoms with van der Waals surface area (Å²) in [5.41, 5.74) is 0.752. The minimum Gasteiger partial charge on any atom is -0.481 e. The Hall–Kier alpha value is -1.88. The number of hydrogen-bond donors (Lipinski definition) is 2. The largest absolute Gasteiger partial charge is 0.481 e. The fraction of sp³-hybridized carbons (Fsp3) is 0.385. The Kier molecular flexibility index (Phi) is 5.32. The molecule has 1 rings (SSSR count). The molecule has 0 saturated heterocycles. The van der Waals surface area contributed by atoms with E-state index in [0.29, 0.717) is 0 Å². The molecule has 0 aliphatic heterocycles. The first kappa shape index (κ1) is 14.2. The van der Waals surface area contributed by atoms with Crippen molar-refractivity contribution in [2.75, 3.05) is 13.7 Å². The highest BCUT2D eigenvalue weighted by atomic mass is 16.5. The molecule has 1 aromatic rings. The van der Waals surface area contributed by atoms with Gasteiger partial charge in [0, 0.05) is 6.54 Å². The maximum Gasteiger partial charge on any atom is 0.327 e. The van der Waals surface area contributed by atoms with Gasteiger partial charge < -0.3 is 9.84 Å². The molecule has 0 fully saturated rings. The molecule has 5 nitrogen and oxygen atoms in total. The second-order valence-electron chi connectivity index (χ2n) is 4.01. The Morgan fingerprint density at radius 3 is 2.44 bits per heavy atom. The number of carboxylic acids is 1. The van der Waals surface area contributed by atoms with Crippen molar-refractivity contribution < 1.29 is 19.4 Å². The minimum atomic E-state index is -0.904. The van der Waals surface area contributed by atoms with Gasteiger partial charge in [0.2, 0.25) is 0 Å². The van der Waals surface area contributed by atoms with E-state index in [-0.39, 0.29) is 6.54 Å². The van der Waals surface area contributed by atoms with Crippen LogP contribution < -0.4 is 5.32 Å². The fourth-order valence-corrected chi connectivity index (χ4v) is 1.48. The SMILES string of the molecule is COC(=O)C(NCC(C)C(=O)O)c1ccccc1. The highest BCUT2D eigenvalue weighted by molar-refractivity contribution is 5.77. The van der Waals surface area contributed by atoms with Crippen LogP contribution in [0.25, 0.3) is 0 Å². The van der Waals surface area contributed by atoms with Crippen molar-refractivity contribution >= 4 is 11.9 Å². The first-order chi connectivity index (χ1) is 8.56. The van der Waals surface area contributed by atoms with E-state index in [1.807, 2.05) is 18.2 Å². The summed E-state index contributed by atoms with van der Waals surface area (Å²) in [5.74, 6) is -1.90. The van der Waals surface area contributed by atoms with E-state index in [0.717, 1.165) is 5.56 Å². The number of hydrogen-bond acceptors (Lipinski definition) is 4. The molecule has 0 saturated carbocycles. The van der Waals surface area contributed by atoms with Crippen molar-refractivity contribution in [1.29, 1.82) is 0 Å². The number of benzene rings is 1. The molecular formula is C13H17NO4. The molecule has 5 heteroatoms. The number of carboxylic acid groups (broad SMARTS) is 1. The Morgan fingerprint density at radius 1 is 1.33 bits per heavy atom. The van der Waals surface area contributed by atoms with Crippen LogP contribution in [0.3, 0.4) is 0 Å². The second-order valence-corrected chi connectivity index (χ2v) is 4.01. The lowest BCUT2D eigenvalue weighted by Gasteiger charge is -2.18. The third kappa shape index (κ3) is 3.85. The van der Waals surface area contributed by atoms with E-state index in [2.05, 4.69) is 5.32 Å². The van der Waals surface area contributed by atoms with E-state index in [1.54, 1.807) is 19.1 Å². The number of methoxy groups -OCH3 is 1. The Balaban J connectivity index is 2.75. The lowest BCUT2D eigenvalue weighted by atomic mass is 10.1. The van der Waals surface area contributed by atoms with Crippen LogP contribution in [0.4, 0.5) is 0 Å². The average Bonchev–Trinajstić information content (AvgIpc) is 2.39. The summed E-state index contributed by atoms with van der Waals surface area (Å²) in [6.07, 6.45) is 0. The van der Waals surface area contributed by atoms with Gasteiger partial charge in [0.1, 0.15) is 6.04 Å². The van der Waals surface area contributed by atoms with Gasteiger partial charge in [-0.15, -0.1) is 0 Å². The number of rotatable bonds is 6. The predicted octanol–water partition coefficient (Wildman–Crippen LogP) is 1.21. The molecule has 0 aromatic heterocycles. The Morgan fingerprint density at radius 2 is 1.94 bits per heavy atom. The van der Waals surface area contributed by atoms with Crippen LogP contribution in [0.15, 0.2) is 30.3 Å². The molecule has 2 atom stereocenters. The quantitative estimate of drug-likeness (QED) is 0.743. The van der Waals surface area contributed by atoms with Crippen LogP contribution >= 0.6 is 0 Å². The second kappa shape index (κ2) is 6.76. The van der Waals surface area contributed by atoms with Crippen molar-refractivity contribution in [2.45, 2.75) is 13.0 Å². The zero-order valence-electron chi connectivity index (χ0n) is 10.4. The summed E-state index contributed by atoms with van der Waals surface area (Å²) in [5, 5.41) is 11.7. The third-order valence-electron chi connectivity index (χ3n) is 2.62. The van der Waals surface area contributed by atoms with Crippen molar-refractivity contribution in [2.24, 2.45) is 5.92 Å². The summed E-state index contributed by atoms with van der Waals surface area (Å²) in [6.45, 7) is 1.78. The number of ether oxygens (including phenoxy) is 1. The smallest absolute Gasteiger partial charge is 0.327 e. The van der Waals surface area contributed by atoms with Crippen LogP contribution in [-0.4, -0.2) is 30.7 Å². The van der Waals surface area contributed by atoms with Crippen LogP contribution in [0, 0.1) is 5.92 Å². The molecule has 98 valence electrons. The van der Waals surface area contributed by atoms with Gasteiger partial charge in [0.05, 0.1) is 13.0 Å². The van der Waals surface area contributed by atoms with Crippen LogP contribution in [-0.2, 0) is 14.3 Å². The zero-order valence-corrected chi connectivity index (χ0v) is 10.4. The zero-order chi connectivity index (χ0) is 13.5. The van der Waals surface area contributed by atoms with Crippen LogP contribution in [0.1, 0.15) is 18.5 Å². The molecule has 0 bridgehead atoms. The molecule has 0 spiro atoms. The predicted molar refractivity (Wildman–Crippen MR) is 66.0 cm³/mol. The van der Waals surface area contributed by atoms with E-state index in [9.17, 15) is 9.59 Å². The van der Waals surface area contributed by atoms with Gasteiger partial charge in [-0.1, -0.05) is 37.3 Å². The molecule has 0 aliphatic rings. The maximum atomic E-state index is 11.7. The first-order valence-electron chi connectivity index (χ1n) is 5.65. The molecule has 18 heavy (non-hydrogen) atoms. The van der Waals surface area contributed by atoms with E-state index in [1.165, 1.54) is 7.11 Å². The number of esters is 1. The standard InChI is InChI=1S/C13H17NO4/c1-9(12(15)16)8-14-11(13(17)18-2)10-6-4-3-5-7-10/h3-7,9,11,14H,8H2,1-2H3,(H,15,16). The van der Waals surface area contributed by atoms with Crippen LogP contribution in [0.5, 0.6) is 0 Å². The topological polar surface area (TPSA) is 75.6 Å². The molecule has 0 heterocycles. The lowest BCUT2D eigenvalue weighted by Crippen LogP contribution is -2.34. The van der Waals surface area contributed by atoms with Gasteiger partial charge >= 0.3 is 11.9 Å². The van der Waals surface area contributed by atoms with Gasteiger partial charge in [-0.2, -0.15) is 0 Å². The highest BCUT2D eigenvalue weighted by Gasteiger charge is 2.22. The number of aliphatic carboxylic acids is 1. The van der Waals surface area contributed by atoms with Crippen molar-refractivity contribution in [3.63, 3.8) is 0 Å². The molecule has 2 N–H and O–H groups in total.